The van der Waals surface area contributed by atoms with Gasteiger partial charge in [-0.3, -0.25) is 24.1 Å². The molecule has 7 unspecified atom stereocenters. The average Bonchev–Trinajstić information content (AvgIpc) is 3.75. The second kappa shape index (κ2) is 11.8. The van der Waals surface area contributed by atoms with Gasteiger partial charge < -0.3 is 20.1 Å². The number of aromatic amines is 1. The highest BCUT2D eigenvalue weighted by Gasteiger charge is 2.70. The van der Waals surface area contributed by atoms with Crippen LogP contribution in [0.15, 0.2) is 58.4 Å². The molecule has 1 saturated heterocycles. The lowest BCUT2D eigenvalue weighted by atomic mass is 9.68. The Morgan fingerprint density at radius 2 is 1.77 bits per heavy atom. The molecule has 3 amide bonds. The van der Waals surface area contributed by atoms with Gasteiger partial charge >= 0.3 is 17.0 Å². The molecule has 2 aliphatic carbocycles. The number of carboxylic acid groups (broad SMARTS) is 1. The van der Waals surface area contributed by atoms with E-state index in [0.717, 1.165) is 38.8 Å². The molecule has 4 aliphatic rings. The number of amides is 3. The molecular weight excluding hydrogens is 672 g/mol. The SMILES string of the molecule is CC(C)C(C(=O)O)N1C(=O)C2C3CC(C2C1=O)C1C3Sc2[nH]c(=O)sc2[C@@H]1c1cccc(OCC(=O)Nc2cccc(C(F)(F)F)c2)c1. The minimum atomic E-state index is -4.56. The van der Waals surface area contributed by atoms with Gasteiger partial charge in [0.05, 0.1) is 22.4 Å². The summed E-state index contributed by atoms with van der Waals surface area (Å²) in [5.74, 6) is -5.06. The van der Waals surface area contributed by atoms with Crippen LogP contribution in [0.2, 0.25) is 0 Å². The van der Waals surface area contributed by atoms with Crippen LogP contribution in [-0.2, 0) is 25.4 Å². The molecule has 2 aromatic carbocycles. The number of aromatic nitrogens is 1. The summed E-state index contributed by atoms with van der Waals surface area (Å²) in [7, 11) is 0. The lowest BCUT2D eigenvalue weighted by Crippen LogP contribution is -2.49. The van der Waals surface area contributed by atoms with E-state index in [1.807, 2.05) is 6.07 Å². The van der Waals surface area contributed by atoms with Gasteiger partial charge in [-0.05, 0) is 66.0 Å². The summed E-state index contributed by atoms with van der Waals surface area (Å²) in [5.41, 5.74) is -0.140. The third-order valence-electron chi connectivity index (χ3n) is 9.98. The summed E-state index contributed by atoms with van der Waals surface area (Å²) in [5, 5.41) is 12.9. The van der Waals surface area contributed by atoms with Crippen molar-refractivity contribution in [3.8, 4) is 5.75 Å². The first-order chi connectivity index (χ1) is 22.7. The van der Waals surface area contributed by atoms with Gasteiger partial charge in [0.2, 0.25) is 11.8 Å². The van der Waals surface area contributed by atoms with Crippen LogP contribution in [0.4, 0.5) is 18.9 Å². The number of anilines is 1. The van der Waals surface area contributed by atoms with Gasteiger partial charge in [-0.1, -0.05) is 43.4 Å². The van der Waals surface area contributed by atoms with Crippen molar-refractivity contribution < 1.29 is 42.2 Å². The summed E-state index contributed by atoms with van der Waals surface area (Å²) >= 11 is 2.59. The highest BCUT2D eigenvalue weighted by molar-refractivity contribution is 8.00. The fourth-order valence-corrected chi connectivity index (χ4v) is 11.2. The normalized spacial score (nSPS) is 27.9. The number of carbonyl (C=O) groups is 4. The molecule has 252 valence electrons. The first kappa shape index (κ1) is 32.4. The molecule has 48 heavy (non-hydrogen) atoms. The molecule has 0 radical (unpaired) electrons. The number of hydrogen-bond donors (Lipinski definition) is 3. The number of likely N-dealkylation sites (tertiary alicyclic amines) is 1. The number of fused-ring (bicyclic) bond motifs is 9. The number of imide groups is 1. The number of thioether (sulfide) groups is 1. The molecule has 3 heterocycles. The quantitative estimate of drug-likeness (QED) is 0.277. The van der Waals surface area contributed by atoms with Gasteiger partial charge in [0.25, 0.3) is 5.91 Å². The van der Waals surface area contributed by atoms with Crippen molar-refractivity contribution >= 4 is 52.5 Å². The Morgan fingerprint density at radius 1 is 1.06 bits per heavy atom. The second-order valence-corrected chi connectivity index (χ2v) is 15.2. The zero-order valence-electron chi connectivity index (χ0n) is 25.5. The molecule has 8 atom stereocenters. The predicted molar refractivity (Wildman–Crippen MR) is 169 cm³/mol. The van der Waals surface area contributed by atoms with Crippen molar-refractivity contribution in [1.29, 1.82) is 0 Å². The van der Waals surface area contributed by atoms with E-state index in [1.54, 1.807) is 32.0 Å². The molecular formula is C33H30F3N3O7S2. The number of H-pyrrole nitrogens is 1. The zero-order valence-corrected chi connectivity index (χ0v) is 27.2. The van der Waals surface area contributed by atoms with Gasteiger partial charge in [-0.2, -0.15) is 13.2 Å². The van der Waals surface area contributed by atoms with E-state index in [4.69, 9.17) is 4.74 Å². The summed E-state index contributed by atoms with van der Waals surface area (Å²) < 4.78 is 45.0. The largest absolute Gasteiger partial charge is 0.484 e. The average molecular weight is 702 g/mol. The number of halogens is 3. The molecule has 2 aliphatic heterocycles. The number of alkyl halides is 3. The maximum absolute atomic E-state index is 13.9. The van der Waals surface area contributed by atoms with Crippen molar-refractivity contribution in [1.82, 2.24) is 9.88 Å². The highest BCUT2D eigenvalue weighted by Crippen LogP contribution is 2.68. The van der Waals surface area contributed by atoms with Gasteiger partial charge in [0.15, 0.2) is 6.61 Å². The molecule has 2 bridgehead atoms. The Kier molecular flexibility index (Phi) is 7.97. The van der Waals surface area contributed by atoms with E-state index >= 15 is 0 Å². The van der Waals surface area contributed by atoms with Crippen molar-refractivity contribution in [3.05, 3.63) is 74.2 Å². The van der Waals surface area contributed by atoms with Crippen LogP contribution in [0.3, 0.4) is 0 Å². The molecule has 3 fully saturated rings. The van der Waals surface area contributed by atoms with E-state index in [-0.39, 0.29) is 39.5 Å². The summed E-state index contributed by atoms with van der Waals surface area (Å²) in [4.78, 5) is 69.4. The Balaban J connectivity index is 1.15. The molecule has 2 saturated carbocycles. The van der Waals surface area contributed by atoms with Crippen LogP contribution < -0.4 is 14.9 Å². The van der Waals surface area contributed by atoms with E-state index in [0.29, 0.717) is 17.2 Å². The first-order valence-corrected chi connectivity index (χ1v) is 17.1. The van der Waals surface area contributed by atoms with Crippen molar-refractivity contribution in [2.45, 2.75) is 48.7 Å². The molecule has 3 aromatic rings. The van der Waals surface area contributed by atoms with Gasteiger partial charge in [0, 0.05) is 21.7 Å². The summed E-state index contributed by atoms with van der Waals surface area (Å²) in [6.45, 7) is 2.87. The fourth-order valence-electron chi connectivity index (χ4n) is 8.30. The smallest absolute Gasteiger partial charge is 0.416 e. The Morgan fingerprint density at radius 3 is 2.46 bits per heavy atom. The maximum atomic E-state index is 13.9. The lowest BCUT2D eigenvalue weighted by Gasteiger charge is -2.43. The fraction of sp³-hybridized carbons (Fsp3) is 0.424. The molecule has 1 aromatic heterocycles. The number of aliphatic carboxylic acids is 1. The lowest BCUT2D eigenvalue weighted by molar-refractivity contribution is -0.157. The number of ether oxygens (including phenoxy) is 1. The Labute approximate surface area is 280 Å². The Bertz CT molecular complexity index is 1890. The molecule has 15 heteroatoms. The number of nitrogens with one attached hydrogen (secondary N) is 2. The topological polar surface area (TPSA) is 146 Å². The van der Waals surface area contributed by atoms with Crippen LogP contribution in [0.25, 0.3) is 0 Å². The maximum Gasteiger partial charge on any atom is 0.416 e. The van der Waals surface area contributed by atoms with Crippen molar-refractivity contribution in [2.24, 2.45) is 35.5 Å². The summed E-state index contributed by atoms with van der Waals surface area (Å²) in [6, 6.07) is 10.0. The van der Waals surface area contributed by atoms with E-state index in [2.05, 4.69) is 10.3 Å². The van der Waals surface area contributed by atoms with E-state index in [1.165, 1.54) is 23.9 Å². The van der Waals surface area contributed by atoms with E-state index < -0.39 is 65.8 Å². The number of nitrogens with zero attached hydrogens (tertiary/aromatic N) is 1. The number of benzene rings is 2. The highest BCUT2D eigenvalue weighted by atomic mass is 32.2. The van der Waals surface area contributed by atoms with Crippen molar-refractivity contribution in [2.75, 3.05) is 11.9 Å². The van der Waals surface area contributed by atoms with Crippen LogP contribution >= 0.6 is 23.1 Å². The number of hydrogen-bond acceptors (Lipinski definition) is 8. The van der Waals surface area contributed by atoms with Gasteiger partial charge in [-0.15, -0.1) is 11.8 Å². The monoisotopic (exact) mass is 701 g/mol. The van der Waals surface area contributed by atoms with Crippen LogP contribution in [0.1, 0.15) is 42.2 Å². The first-order valence-electron chi connectivity index (χ1n) is 15.4. The second-order valence-electron chi connectivity index (χ2n) is 13.0. The third-order valence-corrected chi connectivity index (χ3v) is 12.6. The van der Waals surface area contributed by atoms with Gasteiger partial charge in [0.1, 0.15) is 11.8 Å². The Hall–Kier alpha value is -4.11. The van der Waals surface area contributed by atoms with Crippen LogP contribution in [-0.4, -0.2) is 56.6 Å². The van der Waals surface area contributed by atoms with Crippen LogP contribution in [0, 0.1) is 35.5 Å². The van der Waals surface area contributed by atoms with Gasteiger partial charge in [-0.25, -0.2) is 4.79 Å². The van der Waals surface area contributed by atoms with Crippen molar-refractivity contribution in [3.63, 3.8) is 0 Å². The molecule has 7 rings (SSSR count). The predicted octanol–water partition coefficient (Wildman–Crippen LogP) is 5.06. The molecule has 0 spiro atoms. The minimum absolute atomic E-state index is 0.0241. The summed E-state index contributed by atoms with van der Waals surface area (Å²) in [6.07, 6.45) is -3.93. The number of carbonyl (C=O) groups excluding carboxylic acids is 3. The standard InChI is InChI=1S/C33H30F3N3O7S2/c1-13(2)25(31(43)44)39-29(41)23-18-11-19(24(23)30(39)42)26-22(18)21(27-28(47-26)38-32(45)48-27)14-5-3-8-17(9-14)46-12-20(40)37-16-7-4-6-15(10-16)33(34,35)36/h3-10,13,18-19,21-26H,11-12H2,1-2H3,(H,37,40)(H,38,45)(H,43,44)/t18?,19?,21-,22?,23?,24?,25?,26?/m1/s1. The van der Waals surface area contributed by atoms with Crippen LogP contribution in [0.5, 0.6) is 5.75 Å². The zero-order chi connectivity index (χ0) is 34.2. The number of carboxylic acids is 1. The minimum Gasteiger partial charge on any atom is -0.484 e. The van der Waals surface area contributed by atoms with E-state index in [9.17, 15) is 42.3 Å². The third kappa shape index (κ3) is 5.31. The number of rotatable bonds is 8. The molecule has 10 nitrogen and oxygen atoms in total. The molecule has 3 N–H and O–H groups in total. The number of thiazole rings is 1.